The van der Waals surface area contributed by atoms with Crippen LogP contribution in [0, 0.1) is 0 Å². The van der Waals surface area contributed by atoms with Gasteiger partial charge in [0.15, 0.2) is 0 Å². The van der Waals surface area contributed by atoms with Gasteiger partial charge in [-0.25, -0.2) is 5.43 Å². The van der Waals surface area contributed by atoms with Crippen LogP contribution in [-0.2, 0) is 4.79 Å². The molecule has 0 saturated heterocycles. The molecule has 1 aromatic carbocycles. The summed E-state index contributed by atoms with van der Waals surface area (Å²) in [5, 5.41) is 0. The summed E-state index contributed by atoms with van der Waals surface area (Å²) in [4.78, 5) is 11.4. The highest BCUT2D eigenvalue weighted by molar-refractivity contribution is 5.82. The Morgan fingerprint density at radius 1 is 1.53 bits per heavy atom. The lowest BCUT2D eigenvalue weighted by Crippen LogP contribution is -2.40. The number of rotatable bonds is 4. The molecule has 82 valence electrons. The standard InChI is InChI=1S/C10H15N3O2/c1-12-13-10(14)9(11)7-4-3-5-8(6-7)15-2/h3-6,9,12H,11H2,1-2H3,(H,13,14). The van der Waals surface area contributed by atoms with Gasteiger partial charge >= 0.3 is 0 Å². The van der Waals surface area contributed by atoms with Gasteiger partial charge in [0, 0.05) is 7.05 Å². The van der Waals surface area contributed by atoms with Crippen molar-refractivity contribution < 1.29 is 9.53 Å². The van der Waals surface area contributed by atoms with Crippen molar-refractivity contribution in [3.8, 4) is 5.75 Å². The molecule has 5 nitrogen and oxygen atoms in total. The zero-order valence-electron chi connectivity index (χ0n) is 8.78. The molecule has 0 aliphatic heterocycles. The number of carbonyl (C=O) groups excluding carboxylic acids is 1. The lowest BCUT2D eigenvalue weighted by molar-refractivity contribution is -0.123. The topological polar surface area (TPSA) is 76.4 Å². The van der Waals surface area contributed by atoms with Gasteiger partial charge in [0.2, 0.25) is 0 Å². The molecule has 0 aliphatic carbocycles. The summed E-state index contributed by atoms with van der Waals surface area (Å²) < 4.78 is 5.04. The van der Waals surface area contributed by atoms with Gasteiger partial charge in [-0.2, -0.15) is 0 Å². The molecular formula is C10H15N3O2. The molecule has 4 N–H and O–H groups in total. The van der Waals surface area contributed by atoms with E-state index in [0.29, 0.717) is 11.3 Å². The summed E-state index contributed by atoms with van der Waals surface area (Å²) in [6.45, 7) is 0. The SMILES string of the molecule is CNNC(=O)C(N)c1cccc(OC)c1. The molecule has 0 aliphatic rings. The lowest BCUT2D eigenvalue weighted by Gasteiger charge is -2.12. The highest BCUT2D eigenvalue weighted by Gasteiger charge is 2.15. The van der Waals surface area contributed by atoms with Gasteiger partial charge in [0.05, 0.1) is 7.11 Å². The highest BCUT2D eigenvalue weighted by atomic mass is 16.5. The first-order valence-corrected chi connectivity index (χ1v) is 4.55. The van der Waals surface area contributed by atoms with Crippen molar-refractivity contribution >= 4 is 5.91 Å². The fourth-order valence-electron chi connectivity index (χ4n) is 1.19. The van der Waals surface area contributed by atoms with Crippen molar-refractivity contribution in [1.82, 2.24) is 10.9 Å². The second-order valence-corrected chi connectivity index (χ2v) is 2.99. The van der Waals surface area contributed by atoms with Crippen LogP contribution in [0.25, 0.3) is 0 Å². The summed E-state index contributed by atoms with van der Waals surface area (Å²) in [6.07, 6.45) is 0. The molecule has 0 heterocycles. The number of hydrogen-bond acceptors (Lipinski definition) is 4. The van der Waals surface area contributed by atoms with Crippen molar-refractivity contribution in [1.29, 1.82) is 0 Å². The van der Waals surface area contributed by atoms with Crippen LogP contribution in [0.5, 0.6) is 5.75 Å². The zero-order valence-corrected chi connectivity index (χ0v) is 8.78. The maximum absolute atomic E-state index is 11.4. The van der Waals surface area contributed by atoms with Gasteiger partial charge in [-0.3, -0.25) is 10.2 Å². The normalized spacial score (nSPS) is 11.9. The van der Waals surface area contributed by atoms with Crippen LogP contribution in [0.1, 0.15) is 11.6 Å². The number of carbonyl (C=O) groups is 1. The Balaban J connectivity index is 2.81. The quantitative estimate of drug-likeness (QED) is 0.607. The number of nitrogens with two attached hydrogens (primary N) is 1. The molecule has 0 bridgehead atoms. The third kappa shape index (κ3) is 2.93. The van der Waals surface area contributed by atoms with E-state index < -0.39 is 6.04 Å². The Morgan fingerprint density at radius 3 is 2.87 bits per heavy atom. The Bertz CT molecular complexity index is 341. The fraction of sp³-hybridized carbons (Fsp3) is 0.300. The van der Waals surface area contributed by atoms with Crippen LogP contribution in [0.15, 0.2) is 24.3 Å². The fourth-order valence-corrected chi connectivity index (χ4v) is 1.19. The Morgan fingerprint density at radius 2 is 2.27 bits per heavy atom. The molecule has 0 spiro atoms. The van der Waals surface area contributed by atoms with Crippen LogP contribution in [-0.4, -0.2) is 20.1 Å². The van der Waals surface area contributed by atoms with Crippen molar-refractivity contribution in [2.45, 2.75) is 6.04 Å². The van der Waals surface area contributed by atoms with E-state index in [4.69, 9.17) is 10.5 Å². The monoisotopic (exact) mass is 209 g/mol. The smallest absolute Gasteiger partial charge is 0.255 e. The van der Waals surface area contributed by atoms with Crippen LogP contribution >= 0.6 is 0 Å². The first kappa shape index (κ1) is 11.5. The van der Waals surface area contributed by atoms with Gasteiger partial charge in [-0.05, 0) is 17.7 Å². The molecule has 0 radical (unpaired) electrons. The lowest BCUT2D eigenvalue weighted by atomic mass is 10.1. The van der Waals surface area contributed by atoms with Crippen LogP contribution in [0.2, 0.25) is 0 Å². The molecular weight excluding hydrogens is 194 g/mol. The first-order valence-electron chi connectivity index (χ1n) is 4.55. The number of benzene rings is 1. The van der Waals surface area contributed by atoms with Gasteiger partial charge in [-0.15, -0.1) is 0 Å². The number of hydrogen-bond donors (Lipinski definition) is 3. The largest absolute Gasteiger partial charge is 0.497 e. The van der Waals surface area contributed by atoms with E-state index in [1.54, 1.807) is 38.4 Å². The number of methoxy groups -OCH3 is 1. The molecule has 1 amide bonds. The Kier molecular flexibility index (Phi) is 4.08. The van der Waals surface area contributed by atoms with E-state index in [1.807, 2.05) is 0 Å². The van der Waals surface area contributed by atoms with Gasteiger partial charge in [-0.1, -0.05) is 12.1 Å². The average Bonchev–Trinajstić information content (AvgIpc) is 2.28. The molecule has 1 rings (SSSR count). The molecule has 1 unspecified atom stereocenters. The van der Waals surface area contributed by atoms with Gasteiger partial charge < -0.3 is 10.5 Å². The maximum atomic E-state index is 11.4. The van der Waals surface area contributed by atoms with E-state index in [1.165, 1.54) is 0 Å². The number of hydrazine groups is 1. The summed E-state index contributed by atoms with van der Waals surface area (Å²) in [6, 6.07) is 6.41. The van der Waals surface area contributed by atoms with E-state index in [2.05, 4.69) is 10.9 Å². The average molecular weight is 209 g/mol. The van der Waals surface area contributed by atoms with Gasteiger partial charge in [0.25, 0.3) is 5.91 Å². The predicted octanol–water partition coefficient (Wildman–Crippen LogP) is -0.0544. The molecule has 1 atom stereocenters. The predicted molar refractivity (Wildman–Crippen MR) is 57.1 cm³/mol. The number of nitrogens with one attached hydrogen (secondary N) is 2. The molecule has 0 aromatic heterocycles. The van der Waals surface area contributed by atoms with E-state index in [9.17, 15) is 4.79 Å². The van der Waals surface area contributed by atoms with Crippen molar-refractivity contribution in [3.63, 3.8) is 0 Å². The van der Waals surface area contributed by atoms with Crippen LogP contribution < -0.4 is 21.3 Å². The van der Waals surface area contributed by atoms with Crippen LogP contribution in [0.4, 0.5) is 0 Å². The molecule has 5 heteroatoms. The third-order valence-corrected chi connectivity index (χ3v) is 1.98. The highest BCUT2D eigenvalue weighted by Crippen LogP contribution is 2.17. The number of amides is 1. The van der Waals surface area contributed by atoms with Crippen molar-refractivity contribution in [2.24, 2.45) is 5.73 Å². The van der Waals surface area contributed by atoms with E-state index >= 15 is 0 Å². The summed E-state index contributed by atoms with van der Waals surface area (Å²) in [7, 11) is 3.18. The maximum Gasteiger partial charge on any atom is 0.255 e. The minimum atomic E-state index is -0.701. The third-order valence-electron chi connectivity index (χ3n) is 1.98. The summed E-state index contributed by atoms with van der Waals surface area (Å²) >= 11 is 0. The Hall–Kier alpha value is -1.59. The van der Waals surface area contributed by atoms with E-state index in [-0.39, 0.29) is 5.91 Å². The second-order valence-electron chi connectivity index (χ2n) is 2.99. The Labute approximate surface area is 88.6 Å². The first-order chi connectivity index (χ1) is 7.19. The zero-order chi connectivity index (χ0) is 11.3. The molecule has 0 saturated carbocycles. The summed E-state index contributed by atoms with van der Waals surface area (Å²) in [5.41, 5.74) is 11.4. The summed E-state index contributed by atoms with van der Waals surface area (Å²) in [5.74, 6) is 0.394. The van der Waals surface area contributed by atoms with Crippen molar-refractivity contribution in [2.75, 3.05) is 14.2 Å². The van der Waals surface area contributed by atoms with Crippen molar-refractivity contribution in [3.05, 3.63) is 29.8 Å². The molecule has 1 aromatic rings. The van der Waals surface area contributed by atoms with Gasteiger partial charge in [0.1, 0.15) is 11.8 Å². The van der Waals surface area contributed by atoms with E-state index in [0.717, 1.165) is 0 Å². The van der Waals surface area contributed by atoms with Crippen LogP contribution in [0.3, 0.4) is 0 Å². The molecule has 15 heavy (non-hydrogen) atoms. The molecule has 0 fully saturated rings. The second kappa shape index (κ2) is 5.33. The minimum Gasteiger partial charge on any atom is -0.497 e. The minimum absolute atomic E-state index is 0.286. The number of ether oxygens (including phenoxy) is 1.